The van der Waals surface area contributed by atoms with E-state index in [4.69, 9.17) is 5.26 Å². The van der Waals surface area contributed by atoms with Gasteiger partial charge in [0.1, 0.15) is 0 Å². The predicted molar refractivity (Wildman–Crippen MR) is 90.7 cm³/mol. The van der Waals surface area contributed by atoms with E-state index in [1.54, 1.807) is 6.07 Å². The number of hydrogen-bond donors (Lipinski definition) is 0. The zero-order chi connectivity index (χ0) is 15.0. The van der Waals surface area contributed by atoms with Gasteiger partial charge in [0.05, 0.1) is 25.8 Å². The zero-order valence-corrected chi connectivity index (χ0v) is 14.6. The number of nitrogens with zero attached hydrogens (tertiary/aromatic N) is 2. The van der Waals surface area contributed by atoms with Gasteiger partial charge in [0.25, 0.3) is 0 Å². The number of thiophene rings is 1. The first-order valence-electron chi connectivity index (χ1n) is 6.06. The average Bonchev–Trinajstić information content (AvgIpc) is 3.02. The van der Waals surface area contributed by atoms with Gasteiger partial charge in [-0.05, 0) is 56.1 Å². The molecule has 0 atom stereocenters. The van der Waals surface area contributed by atoms with Gasteiger partial charge in [-0.15, -0.1) is 11.3 Å². The molecule has 0 aliphatic heterocycles. The minimum Gasteiger partial charge on any atom is -0.340 e. The smallest absolute Gasteiger partial charge is 0.184 e. The van der Waals surface area contributed by atoms with E-state index in [0.29, 0.717) is 11.1 Å². The summed E-state index contributed by atoms with van der Waals surface area (Å²) in [4.78, 5) is 12.4. The topological polar surface area (TPSA) is 45.8 Å². The molecule has 1 aromatic carbocycles. The molecular formula is C15H8Br2N2OS. The van der Waals surface area contributed by atoms with Crippen LogP contribution in [0.15, 0.2) is 44.1 Å². The zero-order valence-electron chi connectivity index (χ0n) is 10.6. The van der Waals surface area contributed by atoms with Crippen LogP contribution in [0.3, 0.4) is 0 Å². The van der Waals surface area contributed by atoms with E-state index in [1.165, 1.54) is 11.3 Å². The van der Waals surface area contributed by atoms with Crippen molar-refractivity contribution in [1.82, 2.24) is 4.57 Å². The summed E-state index contributed by atoms with van der Waals surface area (Å²) in [6.45, 7) is 0.250. The van der Waals surface area contributed by atoms with Crippen LogP contribution in [-0.4, -0.2) is 10.4 Å². The Morgan fingerprint density at radius 2 is 2.14 bits per heavy atom. The van der Waals surface area contributed by atoms with E-state index in [0.717, 1.165) is 18.5 Å². The number of aromatic nitrogens is 1. The number of ketones is 1. The number of fused-ring (bicyclic) bond motifs is 1. The minimum atomic E-state index is 0.0312. The van der Waals surface area contributed by atoms with E-state index >= 15 is 0 Å². The molecular weight excluding hydrogens is 416 g/mol. The fraction of sp³-hybridized carbons (Fsp3) is 0.0667. The second-order valence-corrected chi connectivity index (χ2v) is 8.20. The van der Waals surface area contributed by atoms with Crippen molar-refractivity contribution < 1.29 is 4.79 Å². The summed E-state index contributed by atoms with van der Waals surface area (Å²) < 4.78 is 3.62. The van der Waals surface area contributed by atoms with Crippen LogP contribution in [0, 0.1) is 11.3 Å². The lowest BCUT2D eigenvalue weighted by atomic mass is 10.1. The molecule has 2 aromatic heterocycles. The van der Waals surface area contributed by atoms with Crippen LogP contribution in [0.4, 0.5) is 0 Å². The first-order valence-corrected chi connectivity index (χ1v) is 8.46. The SMILES string of the molecule is N#Cc1cccc2c1ccn2CC(=O)c1cc(Br)sc1Br. The summed E-state index contributed by atoms with van der Waals surface area (Å²) in [6, 6.07) is 11.4. The molecule has 0 bridgehead atoms. The van der Waals surface area contributed by atoms with Crippen molar-refractivity contribution in [2.24, 2.45) is 0 Å². The molecule has 6 heteroatoms. The molecule has 0 spiro atoms. The quantitative estimate of drug-likeness (QED) is 0.557. The van der Waals surface area contributed by atoms with Crippen molar-refractivity contribution in [3.05, 3.63) is 55.2 Å². The highest BCUT2D eigenvalue weighted by atomic mass is 79.9. The molecule has 0 N–H and O–H groups in total. The van der Waals surface area contributed by atoms with Crippen molar-refractivity contribution in [3.8, 4) is 6.07 Å². The van der Waals surface area contributed by atoms with Crippen LogP contribution in [0.2, 0.25) is 0 Å². The molecule has 0 aliphatic rings. The predicted octanol–water partition coefficient (Wildman–Crippen LogP) is 4.98. The first kappa shape index (κ1) is 14.5. The number of halogens is 2. The second-order valence-electron chi connectivity index (χ2n) is 4.45. The minimum absolute atomic E-state index is 0.0312. The molecule has 0 aliphatic carbocycles. The number of benzene rings is 1. The standard InChI is InChI=1S/C15H8Br2N2OS/c16-14-6-11(15(17)21-14)13(20)8-19-5-4-10-9(7-18)2-1-3-12(10)19/h1-6H,8H2. The molecule has 2 heterocycles. The maximum atomic E-state index is 12.4. The van der Waals surface area contributed by atoms with Crippen LogP contribution < -0.4 is 0 Å². The van der Waals surface area contributed by atoms with Crippen molar-refractivity contribution in [2.45, 2.75) is 6.54 Å². The van der Waals surface area contributed by atoms with Crippen LogP contribution in [0.25, 0.3) is 10.9 Å². The largest absolute Gasteiger partial charge is 0.340 e. The Bertz CT molecular complexity index is 889. The Morgan fingerprint density at radius 3 is 2.81 bits per heavy atom. The summed E-state index contributed by atoms with van der Waals surface area (Å²) in [5, 5.41) is 9.98. The number of nitriles is 1. The lowest BCUT2D eigenvalue weighted by Gasteiger charge is -2.04. The van der Waals surface area contributed by atoms with Crippen molar-refractivity contribution in [2.75, 3.05) is 0 Å². The highest BCUT2D eigenvalue weighted by Gasteiger charge is 2.15. The first-order chi connectivity index (χ1) is 10.1. The second kappa shape index (κ2) is 5.76. The Morgan fingerprint density at radius 1 is 1.33 bits per heavy atom. The van der Waals surface area contributed by atoms with Crippen LogP contribution in [-0.2, 0) is 6.54 Å². The van der Waals surface area contributed by atoms with Gasteiger partial charge in [-0.1, -0.05) is 6.07 Å². The highest BCUT2D eigenvalue weighted by Crippen LogP contribution is 2.32. The number of hydrogen-bond acceptors (Lipinski definition) is 3. The number of Topliss-reactive ketones (excluding diaryl/α,β-unsaturated/α-hetero) is 1. The van der Waals surface area contributed by atoms with E-state index < -0.39 is 0 Å². The van der Waals surface area contributed by atoms with Gasteiger partial charge < -0.3 is 4.57 Å². The van der Waals surface area contributed by atoms with E-state index in [2.05, 4.69) is 37.9 Å². The van der Waals surface area contributed by atoms with Crippen molar-refractivity contribution in [1.29, 1.82) is 5.26 Å². The van der Waals surface area contributed by atoms with Crippen LogP contribution >= 0.6 is 43.2 Å². The van der Waals surface area contributed by atoms with E-state index in [1.807, 2.05) is 35.0 Å². The summed E-state index contributed by atoms with van der Waals surface area (Å²) in [6.07, 6.45) is 1.85. The maximum absolute atomic E-state index is 12.4. The molecule has 21 heavy (non-hydrogen) atoms. The number of carbonyl (C=O) groups is 1. The number of rotatable bonds is 3. The van der Waals surface area contributed by atoms with Gasteiger partial charge in [0, 0.05) is 22.7 Å². The Labute approximate surface area is 142 Å². The molecule has 104 valence electrons. The van der Waals surface area contributed by atoms with Gasteiger partial charge in [-0.2, -0.15) is 5.26 Å². The van der Waals surface area contributed by atoms with Crippen molar-refractivity contribution >= 4 is 59.9 Å². The molecule has 3 nitrogen and oxygen atoms in total. The highest BCUT2D eigenvalue weighted by molar-refractivity contribution is 9.12. The molecule has 3 rings (SSSR count). The fourth-order valence-electron chi connectivity index (χ4n) is 2.23. The van der Waals surface area contributed by atoms with Gasteiger partial charge in [0.2, 0.25) is 0 Å². The summed E-state index contributed by atoms with van der Waals surface area (Å²) in [5.74, 6) is 0.0312. The lowest BCUT2D eigenvalue weighted by Crippen LogP contribution is -2.09. The van der Waals surface area contributed by atoms with E-state index in [-0.39, 0.29) is 12.3 Å². The summed E-state index contributed by atoms with van der Waals surface area (Å²) >= 11 is 8.27. The lowest BCUT2D eigenvalue weighted by molar-refractivity contribution is 0.0973. The molecule has 0 fully saturated rings. The monoisotopic (exact) mass is 422 g/mol. The molecule has 0 saturated heterocycles. The Hall–Kier alpha value is -1.42. The van der Waals surface area contributed by atoms with Gasteiger partial charge in [-0.25, -0.2) is 0 Å². The molecule has 0 radical (unpaired) electrons. The third-order valence-electron chi connectivity index (χ3n) is 3.21. The summed E-state index contributed by atoms with van der Waals surface area (Å²) in [7, 11) is 0. The Kier molecular flexibility index (Phi) is 3.98. The van der Waals surface area contributed by atoms with Crippen molar-refractivity contribution in [3.63, 3.8) is 0 Å². The molecule has 0 saturated carbocycles. The normalized spacial score (nSPS) is 10.7. The average molecular weight is 424 g/mol. The van der Waals surface area contributed by atoms with Gasteiger partial charge >= 0.3 is 0 Å². The number of carbonyl (C=O) groups excluding carboxylic acids is 1. The summed E-state index contributed by atoms with van der Waals surface area (Å²) in [5.41, 5.74) is 2.19. The van der Waals surface area contributed by atoms with Crippen LogP contribution in [0.5, 0.6) is 0 Å². The van der Waals surface area contributed by atoms with Crippen LogP contribution in [0.1, 0.15) is 15.9 Å². The van der Waals surface area contributed by atoms with E-state index in [9.17, 15) is 4.79 Å². The third kappa shape index (κ3) is 2.69. The Balaban J connectivity index is 1.98. The van der Waals surface area contributed by atoms with Gasteiger partial charge in [-0.3, -0.25) is 4.79 Å². The third-order valence-corrected chi connectivity index (χ3v) is 5.54. The maximum Gasteiger partial charge on any atom is 0.184 e. The molecule has 0 unspecified atom stereocenters. The molecule has 0 amide bonds. The molecule has 3 aromatic rings. The fourth-order valence-corrected chi connectivity index (χ4v) is 5.08. The van der Waals surface area contributed by atoms with Gasteiger partial charge in [0.15, 0.2) is 5.78 Å².